The van der Waals surface area contributed by atoms with Gasteiger partial charge in [0.2, 0.25) is 0 Å². The molecule has 86 valence electrons. The smallest absolute Gasteiger partial charge is 0.123 e. The molecule has 0 aromatic heterocycles. The predicted molar refractivity (Wildman–Crippen MR) is 69.9 cm³/mol. The molecular weight excluding hydrogens is 231 g/mol. The molecule has 0 saturated heterocycles. The van der Waals surface area contributed by atoms with Crippen molar-refractivity contribution in [2.75, 3.05) is 0 Å². The van der Waals surface area contributed by atoms with Crippen LogP contribution in [0.15, 0.2) is 53.4 Å². The first-order chi connectivity index (χ1) is 8.31. The van der Waals surface area contributed by atoms with Crippen LogP contribution in [-0.2, 0) is 12.8 Å². The lowest BCUT2D eigenvalue weighted by Gasteiger charge is -2.08. The third kappa shape index (κ3) is 2.37. The number of benzene rings is 2. The van der Waals surface area contributed by atoms with Gasteiger partial charge >= 0.3 is 0 Å². The maximum absolute atomic E-state index is 12.8. The minimum absolute atomic E-state index is 0.163. The minimum atomic E-state index is -0.163. The summed E-state index contributed by atoms with van der Waals surface area (Å²) in [6.07, 6.45) is 2.25. The molecule has 2 aromatic carbocycles. The summed E-state index contributed by atoms with van der Waals surface area (Å²) in [5.74, 6) is -0.163. The van der Waals surface area contributed by atoms with Crippen LogP contribution in [0.1, 0.15) is 11.1 Å². The fourth-order valence-corrected chi connectivity index (χ4v) is 3.51. The third-order valence-corrected chi connectivity index (χ3v) is 4.34. The van der Waals surface area contributed by atoms with E-state index in [1.54, 1.807) is 0 Å². The van der Waals surface area contributed by atoms with Crippen LogP contribution in [-0.4, -0.2) is 5.25 Å². The van der Waals surface area contributed by atoms with E-state index in [0.29, 0.717) is 5.25 Å². The predicted octanol–water partition coefficient (Wildman–Crippen LogP) is 4.09. The minimum Gasteiger partial charge on any atom is -0.207 e. The van der Waals surface area contributed by atoms with Crippen molar-refractivity contribution < 1.29 is 4.39 Å². The molecule has 0 atom stereocenters. The van der Waals surface area contributed by atoms with E-state index < -0.39 is 0 Å². The fourth-order valence-electron chi connectivity index (χ4n) is 2.31. The lowest BCUT2D eigenvalue weighted by atomic mass is 10.1. The first-order valence-corrected chi connectivity index (χ1v) is 6.68. The van der Waals surface area contributed by atoms with E-state index in [9.17, 15) is 4.39 Å². The van der Waals surface area contributed by atoms with Crippen LogP contribution < -0.4 is 0 Å². The van der Waals surface area contributed by atoms with E-state index in [1.807, 2.05) is 23.9 Å². The van der Waals surface area contributed by atoms with Gasteiger partial charge < -0.3 is 0 Å². The van der Waals surface area contributed by atoms with Gasteiger partial charge in [-0.2, -0.15) is 0 Å². The van der Waals surface area contributed by atoms with Gasteiger partial charge in [0.05, 0.1) is 0 Å². The lowest BCUT2D eigenvalue weighted by molar-refractivity contribution is 0.626. The van der Waals surface area contributed by atoms with Crippen molar-refractivity contribution in [1.82, 2.24) is 0 Å². The molecule has 0 amide bonds. The molecule has 2 aromatic rings. The first-order valence-electron chi connectivity index (χ1n) is 5.80. The maximum atomic E-state index is 12.8. The van der Waals surface area contributed by atoms with Gasteiger partial charge in [0.25, 0.3) is 0 Å². The fraction of sp³-hybridized carbons (Fsp3) is 0.200. The monoisotopic (exact) mass is 244 g/mol. The van der Waals surface area contributed by atoms with Crippen molar-refractivity contribution in [1.29, 1.82) is 0 Å². The summed E-state index contributed by atoms with van der Waals surface area (Å²) in [7, 11) is 0. The standard InChI is InChI=1S/C15H13FS/c16-13-5-7-14(8-6-13)17-15-9-11-3-1-2-4-12(11)10-15/h1-8,15H,9-10H2. The van der Waals surface area contributed by atoms with Crippen LogP contribution in [0.3, 0.4) is 0 Å². The molecular formula is C15H13FS. The number of rotatable bonds is 2. The molecule has 0 heterocycles. The summed E-state index contributed by atoms with van der Waals surface area (Å²) in [6.45, 7) is 0. The second-order valence-electron chi connectivity index (χ2n) is 4.37. The zero-order valence-electron chi connectivity index (χ0n) is 9.40. The van der Waals surface area contributed by atoms with Crippen molar-refractivity contribution in [2.45, 2.75) is 23.0 Å². The Kier molecular flexibility index (Phi) is 2.89. The van der Waals surface area contributed by atoms with E-state index >= 15 is 0 Å². The van der Waals surface area contributed by atoms with Crippen LogP contribution in [0.5, 0.6) is 0 Å². The van der Waals surface area contributed by atoms with Crippen LogP contribution in [0.25, 0.3) is 0 Å². The second-order valence-corrected chi connectivity index (χ2v) is 5.74. The topological polar surface area (TPSA) is 0 Å². The molecule has 0 radical (unpaired) electrons. The Hall–Kier alpha value is -1.28. The molecule has 2 heteroatoms. The van der Waals surface area contributed by atoms with Crippen LogP contribution in [0, 0.1) is 5.82 Å². The number of thioether (sulfide) groups is 1. The molecule has 0 fully saturated rings. The highest BCUT2D eigenvalue weighted by atomic mass is 32.2. The summed E-state index contributed by atoms with van der Waals surface area (Å²) in [5, 5.41) is 0.595. The average Bonchev–Trinajstić information content (AvgIpc) is 2.74. The Bertz CT molecular complexity index is 494. The first kappa shape index (κ1) is 10.8. The van der Waals surface area contributed by atoms with Gasteiger partial charge in [0, 0.05) is 10.1 Å². The van der Waals surface area contributed by atoms with E-state index in [-0.39, 0.29) is 5.82 Å². The second kappa shape index (κ2) is 4.53. The molecule has 3 rings (SSSR count). The van der Waals surface area contributed by atoms with Crippen molar-refractivity contribution in [3.63, 3.8) is 0 Å². The lowest BCUT2D eigenvalue weighted by Crippen LogP contribution is -2.00. The van der Waals surface area contributed by atoms with Crippen molar-refractivity contribution in [2.24, 2.45) is 0 Å². The quantitative estimate of drug-likeness (QED) is 0.767. The SMILES string of the molecule is Fc1ccc(SC2Cc3ccccc3C2)cc1. The molecule has 0 aliphatic heterocycles. The van der Waals surface area contributed by atoms with Crippen molar-refractivity contribution in [3.8, 4) is 0 Å². The number of hydrogen-bond acceptors (Lipinski definition) is 1. The number of halogens is 1. The van der Waals surface area contributed by atoms with E-state index in [0.717, 1.165) is 17.7 Å². The highest BCUT2D eigenvalue weighted by molar-refractivity contribution is 8.00. The van der Waals surface area contributed by atoms with Crippen LogP contribution >= 0.6 is 11.8 Å². The van der Waals surface area contributed by atoms with Crippen molar-refractivity contribution in [3.05, 3.63) is 65.5 Å². The van der Waals surface area contributed by atoms with Gasteiger partial charge in [0.1, 0.15) is 5.82 Å². The molecule has 0 saturated carbocycles. The van der Waals surface area contributed by atoms with E-state index in [4.69, 9.17) is 0 Å². The Morgan fingerprint density at radius 3 is 2.06 bits per heavy atom. The van der Waals surface area contributed by atoms with Gasteiger partial charge in [-0.3, -0.25) is 0 Å². The Morgan fingerprint density at radius 1 is 0.882 bits per heavy atom. The molecule has 1 aliphatic rings. The zero-order valence-corrected chi connectivity index (χ0v) is 10.2. The largest absolute Gasteiger partial charge is 0.207 e. The molecule has 1 aliphatic carbocycles. The van der Waals surface area contributed by atoms with Crippen LogP contribution in [0.4, 0.5) is 4.39 Å². The van der Waals surface area contributed by atoms with E-state index in [1.165, 1.54) is 23.3 Å². The number of fused-ring (bicyclic) bond motifs is 1. The highest BCUT2D eigenvalue weighted by Crippen LogP contribution is 2.34. The number of hydrogen-bond donors (Lipinski definition) is 0. The summed E-state index contributed by atoms with van der Waals surface area (Å²) in [4.78, 5) is 1.16. The molecule has 0 nitrogen and oxygen atoms in total. The maximum Gasteiger partial charge on any atom is 0.123 e. The summed E-state index contributed by atoms with van der Waals surface area (Å²) < 4.78 is 12.8. The molecule has 0 N–H and O–H groups in total. The Labute approximate surface area is 105 Å². The van der Waals surface area contributed by atoms with Gasteiger partial charge in [-0.15, -0.1) is 11.8 Å². The molecule has 0 spiro atoms. The Balaban J connectivity index is 1.71. The molecule has 17 heavy (non-hydrogen) atoms. The van der Waals surface area contributed by atoms with Gasteiger partial charge in [-0.25, -0.2) is 4.39 Å². The zero-order chi connectivity index (χ0) is 11.7. The van der Waals surface area contributed by atoms with Gasteiger partial charge in [0.15, 0.2) is 0 Å². The summed E-state index contributed by atoms with van der Waals surface area (Å²) in [6, 6.07) is 15.4. The average molecular weight is 244 g/mol. The highest BCUT2D eigenvalue weighted by Gasteiger charge is 2.21. The Morgan fingerprint density at radius 2 is 1.47 bits per heavy atom. The summed E-state index contributed by atoms with van der Waals surface area (Å²) >= 11 is 1.85. The van der Waals surface area contributed by atoms with E-state index in [2.05, 4.69) is 24.3 Å². The molecule has 0 bridgehead atoms. The van der Waals surface area contributed by atoms with Crippen LogP contribution in [0.2, 0.25) is 0 Å². The van der Waals surface area contributed by atoms with Crippen molar-refractivity contribution >= 4 is 11.8 Å². The molecule has 0 unspecified atom stereocenters. The summed E-state index contributed by atoms with van der Waals surface area (Å²) in [5.41, 5.74) is 2.93. The van der Waals surface area contributed by atoms with Gasteiger partial charge in [-0.1, -0.05) is 24.3 Å². The third-order valence-electron chi connectivity index (χ3n) is 3.13. The van der Waals surface area contributed by atoms with Gasteiger partial charge in [-0.05, 0) is 48.2 Å². The normalized spacial score (nSPS) is 14.9.